The first-order valence-corrected chi connectivity index (χ1v) is 3.43. The molecule has 0 bridgehead atoms. The molecule has 1 N–H and O–H groups in total. The Hall–Kier alpha value is -0.860. The molecule has 0 heterocycles. The number of rotatable bonds is 5. The second kappa shape index (κ2) is 6.26. The van der Waals surface area contributed by atoms with E-state index in [9.17, 15) is 4.79 Å². The number of carboxylic acids is 1. The molecule has 0 aromatic heterocycles. The second-order valence-corrected chi connectivity index (χ2v) is 2.02. The van der Waals surface area contributed by atoms with Crippen molar-refractivity contribution in [2.75, 3.05) is 6.54 Å². The Bertz CT molecular complexity index is 121. The Morgan fingerprint density at radius 3 is 2.80 bits per heavy atom. The quantitative estimate of drug-likeness (QED) is 0.466. The molecule has 0 radical (unpaired) electrons. The van der Waals surface area contributed by atoms with Gasteiger partial charge in [-0.3, -0.25) is 9.79 Å². The van der Waals surface area contributed by atoms with E-state index < -0.39 is 5.97 Å². The zero-order valence-electron chi connectivity index (χ0n) is 6.21. The molecular weight excluding hydrogens is 130 g/mol. The van der Waals surface area contributed by atoms with Gasteiger partial charge in [0.05, 0.1) is 0 Å². The molecule has 0 atom stereocenters. The van der Waals surface area contributed by atoms with Crippen LogP contribution < -0.4 is 0 Å². The van der Waals surface area contributed by atoms with Crippen LogP contribution in [-0.4, -0.2) is 23.8 Å². The summed E-state index contributed by atoms with van der Waals surface area (Å²) in [5.41, 5.74) is 0. The van der Waals surface area contributed by atoms with E-state index in [0.29, 0.717) is 0 Å². The monoisotopic (exact) mass is 143 g/mol. The van der Waals surface area contributed by atoms with E-state index in [1.54, 1.807) is 6.21 Å². The third-order valence-corrected chi connectivity index (χ3v) is 1.11. The van der Waals surface area contributed by atoms with Crippen molar-refractivity contribution in [1.82, 2.24) is 0 Å². The summed E-state index contributed by atoms with van der Waals surface area (Å²) in [6, 6.07) is 0. The van der Waals surface area contributed by atoms with Crippen LogP contribution in [-0.2, 0) is 4.79 Å². The van der Waals surface area contributed by atoms with Crippen LogP contribution in [0.2, 0.25) is 0 Å². The predicted molar refractivity (Wildman–Crippen MR) is 40.5 cm³/mol. The first-order valence-electron chi connectivity index (χ1n) is 3.43. The first-order chi connectivity index (χ1) is 4.77. The van der Waals surface area contributed by atoms with Crippen LogP contribution in [0.3, 0.4) is 0 Å². The lowest BCUT2D eigenvalue weighted by Crippen LogP contribution is -1.94. The van der Waals surface area contributed by atoms with Crippen molar-refractivity contribution >= 4 is 12.2 Å². The van der Waals surface area contributed by atoms with Gasteiger partial charge in [-0.2, -0.15) is 0 Å². The van der Waals surface area contributed by atoms with Crippen molar-refractivity contribution in [2.45, 2.75) is 26.2 Å². The van der Waals surface area contributed by atoms with E-state index in [1.807, 2.05) is 6.92 Å². The van der Waals surface area contributed by atoms with E-state index in [0.717, 1.165) is 19.4 Å². The Morgan fingerprint density at radius 1 is 1.60 bits per heavy atom. The zero-order chi connectivity index (χ0) is 7.82. The molecule has 0 rings (SSSR count). The number of aliphatic carboxylic acids is 1. The fourth-order valence-electron chi connectivity index (χ4n) is 0.608. The molecule has 0 saturated carbocycles. The van der Waals surface area contributed by atoms with Crippen LogP contribution in [0, 0.1) is 0 Å². The topological polar surface area (TPSA) is 49.7 Å². The minimum atomic E-state index is -0.722. The summed E-state index contributed by atoms with van der Waals surface area (Å²) in [7, 11) is 0. The maximum absolute atomic E-state index is 9.99. The van der Waals surface area contributed by atoms with Gasteiger partial charge in [0.15, 0.2) is 0 Å². The van der Waals surface area contributed by atoms with Crippen molar-refractivity contribution in [1.29, 1.82) is 0 Å². The largest absolute Gasteiger partial charge is 0.481 e. The molecule has 10 heavy (non-hydrogen) atoms. The van der Waals surface area contributed by atoms with Gasteiger partial charge in [-0.05, 0) is 26.0 Å². The molecule has 3 heteroatoms. The maximum Gasteiger partial charge on any atom is 0.303 e. The van der Waals surface area contributed by atoms with E-state index in [1.165, 1.54) is 0 Å². The lowest BCUT2D eigenvalue weighted by molar-refractivity contribution is -0.137. The van der Waals surface area contributed by atoms with Crippen molar-refractivity contribution < 1.29 is 9.90 Å². The van der Waals surface area contributed by atoms with Gasteiger partial charge in [-0.1, -0.05) is 0 Å². The summed E-state index contributed by atoms with van der Waals surface area (Å²) < 4.78 is 0. The van der Waals surface area contributed by atoms with E-state index in [4.69, 9.17) is 5.11 Å². The van der Waals surface area contributed by atoms with Crippen LogP contribution in [0.5, 0.6) is 0 Å². The number of carbonyl (C=O) groups is 1. The average Bonchev–Trinajstić information content (AvgIpc) is 1.87. The third kappa shape index (κ3) is 7.14. The fraction of sp³-hybridized carbons (Fsp3) is 0.714. The normalized spacial score (nSPS) is 10.5. The zero-order valence-corrected chi connectivity index (χ0v) is 6.21. The summed E-state index contributed by atoms with van der Waals surface area (Å²) in [6.07, 6.45) is 3.60. The van der Waals surface area contributed by atoms with Gasteiger partial charge in [0.2, 0.25) is 0 Å². The van der Waals surface area contributed by atoms with Crippen molar-refractivity contribution in [3.8, 4) is 0 Å². The standard InChI is InChI=1S/C7H13NO2/c1-2-8-6-4-3-5-7(9)10/h2H,3-6H2,1H3,(H,9,10). The summed E-state index contributed by atoms with van der Waals surface area (Å²) in [5.74, 6) is -0.722. The Balaban J connectivity index is 2.98. The van der Waals surface area contributed by atoms with Gasteiger partial charge in [-0.15, -0.1) is 0 Å². The van der Waals surface area contributed by atoms with Crippen LogP contribution in [0.25, 0.3) is 0 Å². The lowest BCUT2D eigenvalue weighted by Gasteiger charge is -1.91. The maximum atomic E-state index is 9.99. The Labute approximate surface area is 60.8 Å². The van der Waals surface area contributed by atoms with Crippen molar-refractivity contribution in [2.24, 2.45) is 4.99 Å². The van der Waals surface area contributed by atoms with Crippen molar-refractivity contribution in [3.05, 3.63) is 0 Å². The lowest BCUT2D eigenvalue weighted by atomic mass is 10.2. The summed E-state index contributed by atoms with van der Waals surface area (Å²) in [6.45, 7) is 2.61. The SMILES string of the molecule is CC=NCCCCC(=O)O. The molecule has 0 unspecified atom stereocenters. The number of nitrogens with zero attached hydrogens (tertiary/aromatic N) is 1. The highest BCUT2D eigenvalue weighted by Gasteiger charge is 1.93. The number of hydrogen-bond donors (Lipinski definition) is 1. The van der Waals surface area contributed by atoms with E-state index >= 15 is 0 Å². The molecule has 0 saturated heterocycles. The summed E-state index contributed by atoms with van der Waals surface area (Å²) in [5, 5.41) is 8.23. The van der Waals surface area contributed by atoms with Gasteiger partial charge in [0.25, 0.3) is 0 Å². The Kier molecular flexibility index (Phi) is 5.72. The van der Waals surface area contributed by atoms with Crippen LogP contribution in [0.1, 0.15) is 26.2 Å². The van der Waals surface area contributed by atoms with Gasteiger partial charge in [0.1, 0.15) is 0 Å². The highest BCUT2D eigenvalue weighted by Crippen LogP contribution is 1.94. The number of unbranched alkanes of at least 4 members (excludes halogenated alkanes) is 1. The molecule has 0 aromatic carbocycles. The predicted octanol–water partition coefficient (Wildman–Crippen LogP) is 1.33. The molecule has 0 fully saturated rings. The molecule has 0 aliphatic carbocycles. The highest BCUT2D eigenvalue weighted by molar-refractivity contribution is 5.66. The average molecular weight is 143 g/mol. The minimum Gasteiger partial charge on any atom is -0.481 e. The van der Waals surface area contributed by atoms with Gasteiger partial charge >= 0.3 is 5.97 Å². The summed E-state index contributed by atoms with van der Waals surface area (Å²) in [4.78, 5) is 13.9. The van der Waals surface area contributed by atoms with Crippen molar-refractivity contribution in [3.63, 3.8) is 0 Å². The molecule has 0 aliphatic heterocycles. The minimum absolute atomic E-state index is 0.263. The number of carboxylic acid groups (broad SMARTS) is 1. The van der Waals surface area contributed by atoms with Gasteiger partial charge in [0, 0.05) is 13.0 Å². The van der Waals surface area contributed by atoms with E-state index in [-0.39, 0.29) is 6.42 Å². The molecule has 58 valence electrons. The first kappa shape index (κ1) is 9.14. The molecule has 0 spiro atoms. The summed E-state index contributed by atoms with van der Waals surface area (Å²) >= 11 is 0. The number of aliphatic imine (C=N–C) groups is 1. The smallest absolute Gasteiger partial charge is 0.303 e. The molecule has 0 aromatic rings. The third-order valence-electron chi connectivity index (χ3n) is 1.11. The second-order valence-electron chi connectivity index (χ2n) is 2.02. The number of hydrogen-bond acceptors (Lipinski definition) is 2. The fourth-order valence-corrected chi connectivity index (χ4v) is 0.608. The van der Waals surface area contributed by atoms with Gasteiger partial charge < -0.3 is 5.11 Å². The molecule has 3 nitrogen and oxygen atoms in total. The van der Waals surface area contributed by atoms with E-state index in [2.05, 4.69) is 4.99 Å². The molecule has 0 aliphatic rings. The molecular formula is C7H13NO2. The highest BCUT2D eigenvalue weighted by atomic mass is 16.4. The molecule has 0 amide bonds. The Morgan fingerprint density at radius 2 is 2.30 bits per heavy atom. The van der Waals surface area contributed by atoms with Crippen LogP contribution >= 0.6 is 0 Å². The van der Waals surface area contributed by atoms with Crippen LogP contribution in [0.4, 0.5) is 0 Å². The van der Waals surface area contributed by atoms with Gasteiger partial charge in [-0.25, -0.2) is 0 Å². The van der Waals surface area contributed by atoms with Crippen LogP contribution in [0.15, 0.2) is 4.99 Å².